The van der Waals surface area contributed by atoms with Gasteiger partial charge in [-0.2, -0.15) is 0 Å². The quantitative estimate of drug-likeness (QED) is 0.256. The number of benzene rings is 3. The van der Waals surface area contributed by atoms with Gasteiger partial charge in [-0.3, -0.25) is 14.5 Å². The van der Waals surface area contributed by atoms with E-state index >= 15 is 0 Å². The molecule has 2 amide bonds. The number of thiocarbonyl (C=S) groups is 1. The number of rotatable bonds is 7. The molecule has 1 aliphatic rings. The summed E-state index contributed by atoms with van der Waals surface area (Å²) in [6.45, 7) is 1.67. The number of para-hydroxylation sites is 1. The minimum Gasteiger partial charge on any atom is -0.493 e. The molecule has 1 saturated heterocycles. The zero-order valence-corrected chi connectivity index (χ0v) is 22.4. The van der Waals surface area contributed by atoms with Crippen molar-refractivity contribution in [1.29, 1.82) is 0 Å². The van der Waals surface area contributed by atoms with Gasteiger partial charge in [-0.15, -0.1) is 0 Å². The van der Waals surface area contributed by atoms with Crippen LogP contribution in [0.25, 0.3) is 6.08 Å². The molecule has 1 aliphatic heterocycles. The summed E-state index contributed by atoms with van der Waals surface area (Å²) in [4.78, 5) is 27.4. The largest absolute Gasteiger partial charge is 0.493 e. The number of thioether (sulfide) groups is 1. The number of nitrogens with zero attached hydrogens (tertiary/aromatic N) is 1. The predicted octanol–water partition coefficient (Wildman–Crippen LogP) is 6.73. The van der Waals surface area contributed by atoms with E-state index in [4.69, 9.17) is 44.9 Å². The number of nitrogens with one attached hydrogen (secondary N) is 1. The molecular weight excluding hydrogens is 539 g/mol. The molecule has 1 heterocycles. The number of hydrogen-bond donors (Lipinski definition) is 1. The summed E-state index contributed by atoms with van der Waals surface area (Å²) in [5.74, 6) is -0.114. The number of anilines is 2. The number of halogens is 2. The number of methoxy groups -OCH3 is 1. The second-order valence-corrected chi connectivity index (χ2v) is 10.2. The Morgan fingerprint density at radius 2 is 1.83 bits per heavy atom. The monoisotopic (exact) mass is 558 g/mol. The summed E-state index contributed by atoms with van der Waals surface area (Å²) >= 11 is 19.2. The molecule has 0 aliphatic carbocycles. The van der Waals surface area contributed by atoms with E-state index in [1.807, 2.05) is 31.2 Å². The molecule has 0 bridgehead atoms. The highest BCUT2D eigenvalue weighted by molar-refractivity contribution is 8.27. The number of carbonyl (C=O) groups excluding carboxylic acids is 2. The highest BCUT2D eigenvalue weighted by atomic mass is 35.5. The molecule has 3 aromatic carbocycles. The van der Waals surface area contributed by atoms with Crippen molar-refractivity contribution < 1.29 is 19.1 Å². The molecule has 3 aromatic rings. The van der Waals surface area contributed by atoms with Crippen LogP contribution in [0.15, 0.2) is 65.6 Å². The zero-order chi connectivity index (χ0) is 25.8. The van der Waals surface area contributed by atoms with Crippen molar-refractivity contribution in [3.05, 3.63) is 86.7 Å². The minimum atomic E-state index is -0.412. The smallest absolute Gasteiger partial charge is 0.270 e. The molecular formula is C26H20Cl2N2O4S2. The molecule has 36 heavy (non-hydrogen) atoms. The Labute approximate surface area is 228 Å². The fourth-order valence-corrected chi connectivity index (χ4v) is 5.14. The Kier molecular flexibility index (Phi) is 8.21. The molecule has 1 fully saturated rings. The van der Waals surface area contributed by atoms with E-state index in [0.29, 0.717) is 36.9 Å². The van der Waals surface area contributed by atoms with Crippen LogP contribution in [0.3, 0.4) is 0 Å². The first-order valence-electron chi connectivity index (χ1n) is 10.7. The molecule has 6 nitrogen and oxygen atoms in total. The van der Waals surface area contributed by atoms with Crippen LogP contribution >= 0.6 is 47.2 Å². The summed E-state index contributed by atoms with van der Waals surface area (Å²) in [6.07, 6.45) is 1.69. The van der Waals surface area contributed by atoms with Gasteiger partial charge in [-0.1, -0.05) is 77.0 Å². The number of amides is 2. The van der Waals surface area contributed by atoms with Gasteiger partial charge >= 0.3 is 0 Å². The number of aryl methyl sites for hydroxylation is 1. The van der Waals surface area contributed by atoms with Gasteiger partial charge < -0.3 is 14.8 Å². The number of ether oxygens (including phenoxy) is 2. The van der Waals surface area contributed by atoms with E-state index < -0.39 is 5.91 Å². The van der Waals surface area contributed by atoms with E-state index in [9.17, 15) is 9.59 Å². The molecule has 0 atom stereocenters. The van der Waals surface area contributed by atoms with Gasteiger partial charge in [0.05, 0.1) is 33.4 Å². The van der Waals surface area contributed by atoms with Gasteiger partial charge in [0.2, 0.25) is 0 Å². The van der Waals surface area contributed by atoms with E-state index in [1.165, 1.54) is 23.8 Å². The summed E-state index contributed by atoms with van der Waals surface area (Å²) in [5.41, 5.74) is 2.89. The summed E-state index contributed by atoms with van der Waals surface area (Å²) in [6, 6.07) is 17.8. The molecule has 0 radical (unpaired) electrons. The Balaban J connectivity index is 1.50. The normalized spacial score (nSPS) is 14.3. The Bertz CT molecular complexity index is 1380. The van der Waals surface area contributed by atoms with Crippen LogP contribution in [0.1, 0.15) is 11.1 Å². The molecule has 10 heteroatoms. The lowest BCUT2D eigenvalue weighted by Crippen LogP contribution is -2.27. The SMILES string of the molecule is COc1cc(/C=C2\SC(=S)N(c3ccc(C)cc3)C2=O)cc(Cl)c1OCC(=O)Nc1ccccc1Cl. The third kappa shape index (κ3) is 5.84. The van der Waals surface area contributed by atoms with Crippen molar-refractivity contribution in [3.63, 3.8) is 0 Å². The van der Waals surface area contributed by atoms with Gasteiger partial charge in [0.15, 0.2) is 22.4 Å². The average molecular weight is 559 g/mol. The summed E-state index contributed by atoms with van der Waals surface area (Å²) in [7, 11) is 1.46. The van der Waals surface area contributed by atoms with E-state index in [-0.39, 0.29) is 23.3 Å². The molecule has 4 rings (SSSR count). The Morgan fingerprint density at radius 1 is 1.11 bits per heavy atom. The number of carbonyl (C=O) groups is 2. The van der Waals surface area contributed by atoms with Gasteiger partial charge in [0, 0.05) is 0 Å². The lowest BCUT2D eigenvalue weighted by atomic mass is 10.1. The van der Waals surface area contributed by atoms with Crippen LogP contribution < -0.4 is 19.7 Å². The molecule has 184 valence electrons. The van der Waals surface area contributed by atoms with Crippen molar-refractivity contribution in [1.82, 2.24) is 0 Å². The maximum atomic E-state index is 13.1. The third-order valence-corrected chi connectivity index (χ3v) is 7.04. The summed E-state index contributed by atoms with van der Waals surface area (Å²) in [5, 5.41) is 3.32. The van der Waals surface area contributed by atoms with Crippen molar-refractivity contribution >= 4 is 80.8 Å². The second kappa shape index (κ2) is 11.3. The lowest BCUT2D eigenvalue weighted by Gasteiger charge is -2.15. The Hall–Kier alpha value is -3.04. The molecule has 0 saturated carbocycles. The zero-order valence-electron chi connectivity index (χ0n) is 19.2. The van der Waals surface area contributed by atoms with E-state index in [0.717, 1.165) is 5.56 Å². The molecule has 0 aromatic heterocycles. The van der Waals surface area contributed by atoms with Crippen LogP contribution in [-0.4, -0.2) is 29.9 Å². The molecule has 1 N–H and O–H groups in total. The first-order valence-corrected chi connectivity index (χ1v) is 12.6. The maximum absolute atomic E-state index is 13.1. The fourth-order valence-electron chi connectivity index (χ4n) is 3.39. The molecule has 0 unspecified atom stereocenters. The van der Waals surface area contributed by atoms with Crippen molar-refractivity contribution in [2.45, 2.75) is 6.92 Å². The predicted molar refractivity (Wildman–Crippen MR) is 150 cm³/mol. The number of hydrogen-bond acceptors (Lipinski definition) is 6. The van der Waals surface area contributed by atoms with E-state index in [1.54, 1.807) is 42.5 Å². The van der Waals surface area contributed by atoms with Crippen LogP contribution in [0.5, 0.6) is 11.5 Å². The highest BCUT2D eigenvalue weighted by Crippen LogP contribution is 2.40. The second-order valence-electron chi connectivity index (χ2n) is 7.70. The van der Waals surface area contributed by atoms with E-state index in [2.05, 4.69) is 5.32 Å². The first-order chi connectivity index (χ1) is 17.3. The molecule has 0 spiro atoms. The maximum Gasteiger partial charge on any atom is 0.270 e. The Morgan fingerprint density at radius 3 is 2.53 bits per heavy atom. The van der Waals surface area contributed by atoms with Crippen LogP contribution in [0, 0.1) is 6.92 Å². The van der Waals surface area contributed by atoms with Gasteiger partial charge in [0.1, 0.15) is 0 Å². The minimum absolute atomic E-state index is 0.206. The van der Waals surface area contributed by atoms with Crippen LogP contribution in [-0.2, 0) is 9.59 Å². The van der Waals surface area contributed by atoms with Crippen LogP contribution in [0.2, 0.25) is 10.0 Å². The lowest BCUT2D eigenvalue weighted by molar-refractivity contribution is -0.118. The van der Waals surface area contributed by atoms with Gasteiger partial charge in [0.25, 0.3) is 11.8 Å². The van der Waals surface area contributed by atoms with Crippen LogP contribution in [0.4, 0.5) is 11.4 Å². The average Bonchev–Trinajstić information content (AvgIpc) is 3.12. The van der Waals surface area contributed by atoms with Gasteiger partial charge in [-0.25, -0.2) is 0 Å². The topological polar surface area (TPSA) is 67.9 Å². The first kappa shape index (κ1) is 26.0. The van der Waals surface area contributed by atoms with Crippen molar-refractivity contribution in [2.24, 2.45) is 0 Å². The van der Waals surface area contributed by atoms with Crippen molar-refractivity contribution in [2.75, 3.05) is 23.9 Å². The van der Waals surface area contributed by atoms with Gasteiger partial charge in [-0.05, 0) is 55.0 Å². The highest BCUT2D eigenvalue weighted by Gasteiger charge is 2.33. The summed E-state index contributed by atoms with van der Waals surface area (Å²) < 4.78 is 11.5. The standard InChI is InChI=1S/C26H20Cl2N2O4S2/c1-15-7-9-17(10-8-15)30-25(32)22(36-26(30)35)13-16-11-19(28)24(21(12-16)33-2)34-14-23(31)29-20-6-4-3-5-18(20)27/h3-13H,14H2,1-2H3,(H,29,31)/b22-13-. The fraction of sp³-hybridized carbons (Fsp3) is 0.115. The van der Waals surface area contributed by atoms with Crippen molar-refractivity contribution in [3.8, 4) is 11.5 Å². The third-order valence-electron chi connectivity index (χ3n) is 5.13.